The van der Waals surface area contributed by atoms with Crippen LogP contribution in [0.25, 0.3) is 0 Å². The third kappa shape index (κ3) is 2.85. The van der Waals surface area contributed by atoms with E-state index in [4.69, 9.17) is 9.47 Å². The monoisotopic (exact) mass is 431 g/mol. The van der Waals surface area contributed by atoms with E-state index < -0.39 is 0 Å². The summed E-state index contributed by atoms with van der Waals surface area (Å²) in [4.78, 5) is 1.17. The van der Waals surface area contributed by atoms with Crippen molar-refractivity contribution in [3.8, 4) is 11.5 Å². The summed E-state index contributed by atoms with van der Waals surface area (Å²) in [7, 11) is 1.72. The van der Waals surface area contributed by atoms with E-state index in [0.29, 0.717) is 6.10 Å². The Kier molecular flexibility index (Phi) is 4.82. The molecule has 0 atom stereocenters. The van der Waals surface area contributed by atoms with Crippen LogP contribution in [0.5, 0.6) is 11.5 Å². The molecule has 1 aromatic rings. The van der Waals surface area contributed by atoms with Gasteiger partial charge in [0.05, 0.1) is 0 Å². The van der Waals surface area contributed by atoms with E-state index in [9.17, 15) is 0 Å². The molecular weight excluding hydrogens is 415 g/mol. The van der Waals surface area contributed by atoms with Crippen LogP contribution in [-0.2, 0) is 0 Å². The second-order valence-electron chi connectivity index (χ2n) is 3.75. The Morgan fingerprint density at radius 1 is 1.38 bits per heavy atom. The van der Waals surface area contributed by atoms with Crippen molar-refractivity contribution >= 4 is 37.5 Å². The molecule has 0 aliphatic heterocycles. The Bertz CT molecular complexity index is 353. The SMILES string of the molecule is COc1cccc(OC2CCC2)c1S[CH2][Pb]. The Labute approximate surface area is 117 Å². The van der Waals surface area contributed by atoms with E-state index in [0.717, 1.165) is 11.5 Å². The zero-order valence-corrected chi connectivity index (χ0v) is 14.1. The van der Waals surface area contributed by atoms with Gasteiger partial charge in [-0.1, -0.05) is 0 Å². The molecule has 2 rings (SSSR count). The molecule has 0 unspecified atom stereocenters. The van der Waals surface area contributed by atoms with Crippen molar-refractivity contribution in [1.29, 1.82) is 0 Å². The van der Waals surface area contributed by atoms with Crippen LogP contribution in [0, 0.1) is 0 Å². The molecule has 0 N–H and O–H groups in total. The number of thioether (sulfide) groups is 1. The van der Waals surface area contributed by atoms with Crippen molar-refractivity contribution in [3.05, 3.63) is 18.2 Å². The average Bonchev–Trinajstić information content (AvgIpc) is 2.25. The molecule has 1 aromatic carbocycles. The van der Waals surface area contributed by atoms with Gasteiger partial charge in [0, 0.05) is 0 Å². The summed E-state index contributed by atoms with van der Waals surface area (Å²) in [5.74, 6) is 1.95. The van der Waals surface area contributed by atoms with Gasteiger partial charge in [0.15, 0.2) is 0 Å². The molecule has 1 saturated carbocycles. The first-order chi connectivity index (χ1) is 7.85. The van der Waals surface area contributed by atoms with Crippen molar-refractivity contribution in [2.45, 2.75) is 30.3 Å². The average molecular weight is 431 g/mol. The maximum atomic E-state index is 5.99. The third-order valence-electron chi connectivity index (χ3n) is 2.73. The maximum absolute atomic E-state index is 5.99. The van der Waals surface area contributed by atoms with E-state index in [1.54, 1.807) is 7.11 Å². The second-order valence-corrected chi connectivity index (χ2v) is 8.10. The van der Waals surface area contributed by atoms with Crippen molar-refractivity contribution in [2.75, 3.05) is 10.4 Å². The molecule has 4 heteroatoms. The van der Waals surface area contributed by atoms with E-state index >= 15 is 0 Å². The fraction of sp³-hybridized carbons (Fsp3) is 0.500. The molecule has 1 fully saturated rings. The van der Waals surface area contributed by atoms with Crippen LogP contribution >= 0.6 is 11.8 Å². The van der Waals surface area contributed by atoms with Gasteiger partial charge in [-0.2, -0.15) is 0 Å². The predicted molar refractivity (Wildman–Crippen MR) is 67.7 cm³/mol. The van der Waals surface area contributed by atoms with Crippen molar-refractivity contribution in [3.63, 3.8) is 0 Å². The molecule has 0 aromatic heterocycles. The van der Waals surface area contributed by atoms with Crippen LogP contribution in [0.2, 0.25) is 0 Å². The zero-order chi connectivity index (χ0) is 11.4. The summed E-state index contributed by atoms with van der Waals surface area (Å²) in [6, 6.07) is 6.07. The van der Waals surface area contributed by atoms with Crippen LogP contribution in [0.1, 0.15) is 19.3 Å². The summed E-state index contributed by atoms with van der Waals surface area (Å²) < 4.78 is 12.5. The quantitative estimate of drug-likeness (QED) is 0.529. The van der Waals surface area contributed by atoms with Crippen LogP contribution in [0.3, 0.4) is 0 Å². The molecule has 85 valence electrons. The van der Waals surface area contributed by atoms with Crippen molar-refractivity contribution < 1.29 is 9.47 Å². The van der Waals surface area contributed by atoms with Gasteiger partial charge >= 0.3 is 117 Å². The van der Waals surface area contributed by atoms with E-state index in [-0.39, 0.29) is 0 Å². The van der Waals surface area contributed by atoms with Crippen molar-refractivity contribution in [2.24, 2.45) is 0 Å². The van der Waals surface area contributed by atoms with Gasteiger partial charge in [-0.25, -0.2) is 0 Å². The van der Waals surface area contributed by atoms with Crippen LogP contribution in [0.4, 0.5) is 0 Å². The molecule has 1 aliphatic rings. The molecule has 16 heavy (non-hydrogen) atoms. The van der Waals surface area contributed by atoms with Crippen molar-refractivity contribution in [1.82, 2.24) is 0 Å². The van der Waals surface area contributed by atoms with Crippen LogP contribution in [0.15, 0.2) is 23.1 Å². The first-order valence-corrected chi connectivity index (χ1v) is 9.19. The number of hydrogen-bond acceptors (Lipinski definition) is 3. The Hall–Kier alpha value is 0.0921. The van der Waals surface area contributed by atoms with Gasteiger partial charge in [0.2, 0.25) is 0 Å². The Morgan fingerprint density at radius 3 is 2.69 bits per heavy atom. The normalized spacial score (nSPS) is 15.6. The molecule has 0 bridgehead atoms. The Morgan fingerprint density at radius 2 is 2.12 bits per heavy atom. The molecule has 0 spiro atoms. The minimum absolute atomic E-state index is 0.431. The first-order valence-electron chi connectivity index (χ1n) is 5.46. The summed E-state index contributed by atoms with van der Waals surface area (Å²) in [5, 5.41) is 0. The summed E-state index contributed by atoms with van der Waals surface area (Å²) >= 11 is 3.03. The van der Waals surface area contributed by atoms with Gasteiger partial charge in [0.25, 0.3) is 0 Å². The fourth-order valence-electron chi connectivity index (χ4n) is 1.63. The third-order valence-corrected chi connectivity index (χ3v) is 5.24. The molecule has 1 aliphatic carbocycles. The molecule has 0 saturated heterocycles. The fourth-order valence-corrected chi connectivity index (χ4v) is 4.01. The van der Waals surface area contributed by atoms with Crippen LogP contribution < -0.4 is 9.47 Å². The topological polar surface area (TPSA) is 18.5 Å². The van der Waals surface area contributed by atoms with Gasteiger partial charge in [-0.15, -0.1) is 0 Å². The predicted octanol–water partition coefficient (Wildman–Crippen LogP) is 2.84. The van der Waals surface area contributed by atoms with E-state index in [1.165, 1.54) is 53.2 Å². The van der Waals surface area contributed by atoms with Crippen LogP contribution in [-0.4, -0.2) is 42.3 Å². The van der Waals surface area contributed by atoms with Gasteiger partial charge in [0.1, 0.15) is 0 Å². The summed E-state index contributed by atoms with van der Waals surface area (Å²) in [5.41, 5.74) is 0. The molecular formula is C12H15O2PbS. The standard InChI is InChI=1S/C12H15O2S.Pb/c1-13-10-7-4-8-11(12(10)15-2)14-9-5-3-6-9;/h4,7-9H,2-3,5-6H2,1H3;. The molecule has 2 nitrogen and oxygen atoms in total. The number of methoxy groups -OCH3 is 1. The second kappa shape index (κ2) is 6.14. The van der Waals surface area contributed by atoms with Gasteiger partial charge in [-0.3, -0.25) is 0 Å². The first kappa shape index (κ1) is 12.5. The van der Waals surface area contributed by atoms with E-state index in [2.05, 4.69) is 6.07 Å². The molecule has 0 heterocycles. The molecule has 0 amide bonds. The molecule has 3 radical (unpaired) electrons. The number of rotatable bonds is 5. The summed E-state index contributed by atoms with van der Waals surface area (Å²) in [6.45, 7) is 0. The minimum atomic E-state index is 0.431. The number of benzene rings is 1. The van der Waals surface area contributed by atoms with Gasteiger partial charge < -0.3 is 0 Å². The number of ether oxygens (including phenoxy) is 2. The van der Waals surface area contributed by atoms with Gasteiger partial charge in [-0.05, 0) is 0 Å². The van der Waals surface area contributed by atoms with E-state index in [1.807, 2.05) is 23.9 Å². The summed E-state index contributed by atoms with van der Waals surface area (Å²) in [6.07, 6.45) is 4.13. The Balaban J connectivity index is 2.19. The number of hydrogen-bond donors (Lipinski definition) is 0. The zero-order valence-electron chi connectivity index (χ0n) is 9.36.